The molecule has 0 aromatic heterocycles. The number of benzene rings is 1. The van der Waals surface area contributed by atoms with Gasteiger partial charge in [0.2, 0.25) is 0 Å². The summed E-state index contributed by atoms with van der Waals surface area (Å²) in [6.45, 7) is 9.63. The molecule has 32 heavy (non-hydrogen) atoms. The summed E-state index contributed by atoms with van der Waals surface area (Å²) in [4.78, 5) is 0. The van der Waals surface area contributed by atoms with Gasteiger partial charge in [0, 0.05) is 0 Å². The van der Waals surface area contributed by atoms with Crippen molar-refractivity contribution in [2.45, 2.75) is 110 Å². The van der Waals surface area contributed by atoms with Crippen molar-refractivity contribution in [1.29, 1.82) is 0 Å². The monoisotopic (exact) mass is 460 g/mol. The summed E-state index contributed by atoms with van der Waals surface area (Å²) in [5.41, 5.74) is 0.110. The molecular formula is C26H43F3O3. The molecular weight excluding hydrogens is 417 g/mol. The maximum atomic E-state index is 13.1. The first-order valence-electron chi connectivity index (χ1n) is 12.4. The van der Waals surface area contributed by atoms with Crippen molar-refractivity contribution in [2.24, 2.45) is 0 Å². The zero-order valence-electron chi connectivity index (χ0n) is 20.4. The van der Waals surface area contributed by atoms with Crippen molar-refractivity contribution in [3.05, 3.63) is 35.4 Å². The Labute approximate surface area is 193 Å². The van der Waals surface area contributed by atoms with Crippen LogP contribution in [0.2, 0.25) is 0 Å². The van der Waals surface area contributed by atoms with E-state index in [4.69, 9.17) is 14.2 Å². The molecule has 1 rings (SSSR count). The van der Waals surface area contributed by atoms with Gasteiger partial charge in [-0.3, -0.25) is 0 Å². The molecule has 186 valence electrons. The van der Waals surface area contributed by atoms with E-state index in [1.54, 1.807) is 12.1 Å². The molecule has 0 spiro atoms. The molecule has 6 heteroatoms. The molecule has 1 aromatic rings. The minimum absolute atomic E-state index is 0.305. The summed E-state index contributed by atoms with van der Waals surface area (Å²) in [5.74, 6) is -1.59. The summed E-state index contributed by atoms with van der Waals surface area (Å²) in [6, 6.07) is 5.40. The first kappa shape index (κ1) is 28.9. The third-order valence-electron chi connectivity index (χ3n) is 5.44. The Morgan fingerprint density at radius 1 is 0.656 bits per heavy atom. The van der Waals surface area contributed by atoms with Crippen molar-refractivity contribution in [3.8, 4) is 0 Å². The number of alkyl halides is 3. The van der Waals surface area contributed by atoms with Crippen LogP contribution in [-0.4, -0.2) is 25.8 Å². The van der Waals surface area contributed by atoms with E-state index in [9.17, 15) is 13.2 Å². The highest BCUT2D eigenvalue weighted by Gasteiger charge is 2.43. The fourth-order valence-corrected chi connectivity index (χ4v) is 3.74. The van der Waals surface area contributed by atoms with Gasteiger partial charge in [-0.15, -0.1) is 0 Å². The molecule has 0 saturated carbocycles. The number of hydrogen-bond donors (Lipinski definition) is 0. The van der Waals surface area contributed by atoms with Crippen LogP contribution in [-0.2, 0) is 20.4 Å². The average Bonchev–Trinajstić information content (AvgIpc) is 2.78. The van der Waals surface area contributed by atoms with Gasteiger partial charge in [0.25, 0.3) is 5.97 Å². The number of ether oxygens (including phenoxy) is 3. The van der Waals surface area contributed by atoms with E-state index in [1.807, 2.05) is 20.8 Å². The summed E-state index contributed by atoms with van der Waals surface area (Å²) >= 11 is 0. The second-order valence-corrected chi connectivity index (χ2v) is 8.38. The van der Waals surface area contributed by atoms with E-state index < -0.39 is 17.7 Å². The van der Waals surface area contributed by atoms with Crippen LogP contribution in [0.4, 0.5) is 13.2 Å². The third kappa shape index (κ3) is 9.80. The van der Waals surface area contributed by atoms with Crippen LogP contribution in [0.5, 0.6) is 0 Å². The summed E-state index contributed by atoms with van der Waals surface area (Å²) < 4.78 is 58.1. The van der Waals surface area contributed by atoms with Gasteiger partial charge in [0.15, 0.2) is 0 Å². The van der Waals surface area contributed by atoms with Gasteiger partial charge in [0.1, 0.15) is 0 Å². The molecule has 0 aliphatic carbocycles. The van der Waals surface area contributed by atoms with E-state index in [0.717, 1.165) is 62.6 Å². The smallest absolute Gasteiger partial charge is 0.327 e. The molecule has 0 aliphatic heterocycles. The number of rotatable bonds is 18. The largest absolute Gasteiger partial charge is 0.416 e. The van der Waals surface area contributed by atoms with Crippen molar-refractivity contribution in [1.82, 2.24) is 0 Å². The molecule has 3 nitrogen and oxygen atoms in total. The predicted molar refractivity (Wildman–Crippen MR) is 124 cm³/mol. The van der Waals surface area contributed by atoms with Crippen molar-refractivity contribution >= 4 is 0 Å². The van der Waals surface area contributed by atoms with Crippen LogP contribution < -0.4 is 0 Å². The maximum Gasteiger partial charge on any atom is 0.416 e. The van der Waals surface area contributed by atoms with Crippen LogP contribution in [0.1, 0.15) is 109 Å². The van der Waals surface area contributed by atoms with E-state index in [1.165, 1.54) is 19.3 Å². The van der Waals surface area contributed by atoms with E-state index >= 15 is 0 Å². The topological polar surface area (TPSA) is 27.7 Å². The lowest BCUT2D eigenvalue weighted by Crippen LogP contribution is -2.46. The molecule has 0 radical (unpaired) electrons. The van der Waals surface area contributed by atoms with E-state index in [0.29, 0.717) is 19.8 Å². The maximum absolute atomic E-state index is 13.1. The molecule has 0 fully saturated rings. The van der Waals surface area contributed by atoms with Crippen LogP contribution >= 0.6 is 0 Å². The van der Waals surface area contributed by atoms with Crippen molar-refractivity contribution in [2.75, 3.05) is 19.8 Å². The van der Waals surface area contributed by atoms with Gasteiger partial charge in [-0.1, -0.05) is 78.4 Å². The van der Waals surface area contributed by atoms with Gasteiger partial charge in [-0.05, 0) is 43.4 Å². The zero-order valence-corrected chi connectivity index (χ0v) is 20.4. The van der Waals surface area contributed by atoms with Gasteiger partial charge < -0.3 is 14.2 Å². The molecule has 1 aromatic carbocycles. The minimum Gasteiger partial charge on any atom is -0.327 e. The van der Waals surface area contributed by atoms with Gasteiger partial charge >= 0.3 is 6.18 Å². The number of unbranched alkanes of at least 4 members (excludes halogenated alkanes) is 5. The highest BCUT2D eigenvalue weighted by Crippen LogP contribution is 2.40. The van der Waals surface area contributed by atoms with E-state index in [2.05, 4.69) is 6.92 Å². The Balaban J connectivity index is 3.22. The second kappa shape index (κ2) is 15.7. The lowest BCUT2D eigenvalue weighted by molar-refractivity contribution is -0.392. The Hall–Kier alpha value is -1.11. The Morgan fingerprint density at radius 3 is 1.56 bits per heavy atom. The number of halogens is 3. The first-order chi connectivity index (χ1) is 15.3. The summed E-state index contributed by atoms with van der Waals surface area (Å²) in [7, 11) is 0. The normalized spacial score (nSPS) is 13.5. The quantitative estimate of drug-likeness (QED) is 0.162. The minimum atomic E-state index is -4.36. The zero-order chi connectivity index (χ0) is 23.9. The van der Waals surface area contributed by atoms with Crippen LogP contribution in [0.15, 0.2) is 24.3 Å². The molecule has 0 N–H and O–H groups in total. The standard InChI is InChI=1S/C26H43F3O3/c1-5-9-10-11-12-13-14-24(22-15-17-23(18-16-22)25(27,28)29)26(30-19-6-2,31-20-7-3)32-21-8-4/h15-18,24H,5-14,19-21H2,1-4H3. The van der Waals surface area contributed by atoms with Crippen LogP contribution in [0.3, 0.4) is 0 Å². The van der Waals surface area contributed by atoms with E-state index in [-0.39, 0.29) is 5.92 Å². The molecule has 0 saturated heterocycles. The SMILES string of the molecule is CCCCCCCCC(c1ccc(C(F)(F)F)cc1)C(OCCC)(OCCC)OCCC. The lowest BCUT2D eigenvalue weighted by atomic mass is 9.89. The van der Waals surface area contributed by atoms with Gasteiger partial charge in [0.05, 0.1) is 31.3 Å². The fraction of sp³-hybridized carbons (Fsp3) is 0.769. The van der Waals surface area contributed by atoms with Crippen LogP contribution in [0.25, 0.3) is 0 Å². The molecule has 1 atom stereocenters. The first-order valence-corrected chi connectivity index (χ1v) is 12.4. The molecule has 0 heterocycles. The molecule has 0 aliphatic rings. The molecule has 0 amide bonds. The Kier molecular flexibility index (Phi) is 14.2. The predicted octanol–water partition coefficient (Wildman–Crippen LogP) is 8.47. The average molecular weight is 461 g/mol. The van der Waals surface area contributed by atoms with Crippen molar-refractivity contribution in [3.63, 3.8) is 0 Å². The fourth-order valence-electron chi connectivity index (χ4n) is 3.74. The highest BCUT2D eigenvalue weighted by atomic mass is 19.4. The summed E-state index contributed by atoms with van der Waals surface area (Å²) in [5, 5.41) is 0. The Bertz CT molecular complexity index is 565. The Morgan fingerprint density at radius 2 is 1.12 bits per heavy atom. The third-order valence-corrected chi connectivity index (χ3v) is 5.44. The van der Waals surface area contributed by atoms with Gasteiger partial charge in [-0.25, -0.2) is 0 Å². The van der Waals surface area contributed by atoms with Gasteiger partial charge in [-0.2, -0.15) is 13.2 Å². The number of hydrogen-bond acceptors (Lipinski definition) is 3. The lowest BCUT2D eigenvalue weighted by Gasteiger charge is -2.40. The highest BCUT2D eigenvalue weighted by molar-refractivity contribution is 5.28. The molecule has 1 unspecified atom stereocenters. The van der Waals surface area contributed by atoms with Crippen molar-refractivity contribution < 1.29 is 27.4 Å². The second-order valence-electron chi connectivity index (χ2n) is 8.38. The molecule has 0 bridgehead atoms. The van der Waals surface area contributed by atoms with Crippen LogP contribution in [0, 0.1) is 0 Å². The summed E-state index contributed by atoms with van der Waals surface area (Å²) in [6.07, 6.45) is 5.55.